The van der Waals surface area contributed by atoms with Crippen molar-refractivity contribution in [2.24, 2.45) is 5.16 Å². The van der Waals surface area contributed by atoms with Gasteiger partial charge in [-0.15, -0.1) is 0 Å². The topological polar surface area (TPSA) is 68.6 Å². The zero-order valence-corrected chi connectivity index (χ0v) is 17.8. The molecular formula is C25H20F2N2O3. The minimum Gasteiger partial charge on any atom is -0.381 e. The van der Waals surface area contributed by atoms with Crippen LogP contribution in [0.4, 0.5) is 8.78 Å². The highest BCUT2D eigenvalue weighted by molar-refractivity contribution is 6.49. The molecule has 5 nitrogen and oxygen atoms in total. The van der Waals surface area contributed by atoms with Crippen LogP contribution in [0.2, 0.25) is 0 Å². The molecule has 2 heterocycles. The lowest BCUT2D eigenvalue weighted by molar-refractivity contribution is -0.128. The van der Waals surface area contributed by atoms with Crippen molar-refractivity contribution >= 4 is 17.3 Å². The second kappa shape index (κ2) is 8.07. The Labute approximate surface area is 183 Å². The van der Waals surface area contributed by atoms with Gasteiger partial charge >= 0.3 is 0 Å². The molecule has 0 saturated carbocycles. The normalized spacial score (nSPS) is 14.8. The number of benzene rings is 2. The number of Topliss-reactive ketones (excluding diaryl/α,β-unsaturated/α-hetero) is 2. The number of aromatic nitrogens is 1. The molecule has 0 fully saturated rings. The summed E-state index contributed by atoms with van der Waals surface area (Å²) in [5.41, 5.74) is 2.22. The van der Waals surface area contributed by atoms with Crippen molar-refractivity contribution in [2.45, 2.75) is 32.8 Å². The van der Waals surface area contributed by atoms with Crippen molar-refractivity contribution in [2.75, 3.05) is 0 Å². The van der Waals surface area contributed by atoms with Crippen molar-refractivity contribution in [3.05, 3.63) is 88.7 Å². The van der Waals surface area contributed by atoms with E-state index in [0.717, 1.165) is 28.8 Å². The standard InChI is InChI=1S/C25H20F2N2O3/c1-14-17(6-4-7-18(14)23-24(31)25(2,3)32-29-23)15-10-11-16(28-13-15)12-21(30)22-19(26)8-5-9-20(22)27/h4-11,13H,12H2,1-3H3. The van der Waals surface area contributed by atoms with Gasteiger partial charge in [0.25, 0.3) is 0 Å². The number of halogens is 2. The molecule has 0 spiro atoms. The molecule has 0 unspecified atom stereocenters. The minimum absolute atomic E-state index is 0.190. The van der Waals surface area contributed by atoms with Crippen molar-refractivity contribution in [3.63, 3.8) is 0 Å². The summed E-state index contributed by atoms with van der Waals surface area (Å²) in [4.78, 5) is 34.5. The Morgan fingerprint density at radius 2 is 1.66 bits per heavy atom. The fraction of sp³-hybridized carbons (Fsp3) is 0.200. The molecule has 1 aromatic heterocycles. The Morgan fingerprint density at radius 1 is 1.00 bits per heavy atom. The van der Waals surface area contributed by atoms with E-state index in [9.17, 15) is 18.4 Å². The summed E-state index contributed by atoms with van der Waals surface area (Å²) < 4.78 is 27.7. The van der Waals surface area contributed by atoms with Crippen molar-refractivity contribution in [1.82, 2.24) is 4.98 Å². The maximum Gasteiger partial charge on any atom is 0.230 e. The van der Waals surface area contributed by atoms with Crippen LogP contribution in [0.5, 0.6) is 0 Å². The number of oxime groups is 1. The lowest BCUT2D eigenvalue weighted by atomic mass is 9.90. The maximum atomic E-state index is 13.9. The number of nitrogens with zero attached hydrogens (tertiary/aromatic N) is 2. The third-order valence-corrected chi connectivity index (χ3v) is 5.43. The van der Waals surface area contributed by atoms with Crippen molar-refractivity contribution in [3.8, 4) is 11.1 Å². The first-order valence-corrected chi connectivity index (χ1v) is 10.0. The van der Waals surface area contributed by atoms with Gasteiger partial charge in [-0.25, -0.2) is 8.78 Å². The zero-order chi connectivity index (χ0) is 23.0. The van der Waals surface area contributed by atoms with E-state index >= 15 is 0 Å². The number of carbonyl (C=O) groups excluding carboxylic acids is 2. The second-order valence-electron chi connectivity index (χ2n) is 8.08. The van der Waals surface area contributed by atoms with Crippen LogP contribution >= 0.6 is 0 Å². The van der Waals surface area contributed by atoms with Gasteiger partial charge < -0.3 is 4.84 Å². The summed E-state index contributed by atoms with van der Waals surface area (Å²) in [5, 5.41) is 3.98. The summed E-state index contributed by atoms with van der Waals surface area (Å²) >= 11 is 0. The highest BCUT2D eigenvalue weighted by Crippen LogP contribution is 2.29. The van der Waals surface area contributed by atoms with Gasteiger partial charge in [0.05, 0.1) is 12.0 Å². The van der Waals surface area contributed by atoms with Crippen LogP contribution in [-0.4, -0.2) is 27.9 Å². The summed E-state index contributed by atoms with van der Waals surface area (Å²) in [6.45, 7) is 5.22. The van der Waals surface area contributed by atoms with Crippen LogP contribution in [0, 0.1) is 18.6 Å². The lowest BCUT2D eigenvalue weighted by Crippen LogP contribution is -2.33. The molecule has 1 aliphatic heterocycles. The van der Waals surface area contributed by atoms with E-state index in [-0.39, 0.29) is 17.9 Å². The first-order chi connectivity index (χ1) is 15.2. The van der Waals surface area contributed by atoms with Gasteiger partial charge in [0.15, 0.2) is 17.1 Å². The van der Waals surface area contributed by atoms with E-state index in [1.54, 1.807) is 32.2 Å². The largest absolute Gasteiger partial charge is 0.381 e. The third-order valence-electron chi connectivity index (χ3n) is 5.43. The van der Waals surface area contributed by atoms with Crippen LogP contribution in [0.15, 0.2) is 59.9 Å². The molecule has 0 aliphatic carbocycles. The summed E-state index contributed by atoms with van der Waals surface area (Å²) in [7, 11) is 0. The smallest absolute Gasteiger partial charge is 0.230 e. The SMILES string of the molecule is Cc1c(C2=NOC(C)(C)C2=O)cccc1-c1ccc(CC(=O)c2c(F)cccc2F)nc1. The second-order valence-corrected chi connectivity index (χ2v) is 8.08. The average molecular weight is 434 g/mol. The first kappa shape index (κ1) is 21.5. The molecule has 162 valence electrons. The molecule has 2 aromatic carbocycles. The third kappa shape index (κ3) is 3.82. The van der Waals surface area contributed by atoms with Gasteiger partial charge in [-0.1, -0.05) is 35.5 Å². The van der Waals surface area contributed by atoms with E-state index in [4.69, 9.17) is 4.84 Å². The minimum atomic E-state index is -0.995. The molecule has 7 heteroatoms. The molecule has 0 radical (unpaired) electrons. The van der Waals surface area contributed by atoms with Gasteiger partial charge in [-0.05, 0) is 50.1 Å². The van der Waals surface area contributed by atoms with E-state index in [0.29, 0.717) is 11.3 Å². The van der Waals surface area contributed by atoms with Crippen LogP contribution in [0.1, 0.15) is 41.0 Å². The number of hydrogen-bond donors (Lipinski definition) is 0. The van der Waals surface area contributed by atoms with Crippen molar-refractivity contribution in [1.29, 1.82) is 0 Å². The molecule has 0 bridgehead atoms. The van der Waals surface area contributed by atoms with Gasteiger partial charge in [0.1, 0.15) is 11.6 Å². The molecule has 0 atom stereocenters. The number of carbonyl (C=O) groups is 2. The Hall–Kier alpha value is -3.74. The number of pyridine rings is 1. The predicted octanol–water partition coefficient (Wildman–Crippen LogP) is 4.84. The molecule has 3 aromatic rings. The number of ketones is 2. The summed E-state index contributed by atoms with van der Waals surface area (Å²) in [6, 6.07) is 12.2. The predicted molar refractivity (Wildman–Crippen MR) is 116 cm³/mol. The quantitative estimate of drug-likeness (QED) is 0.539. The Kier molecular flexibility index (Phi) is 5.42. The fourth-order valence-corrected chi connectivity index (χ4v) is 3.61. The summed E-state index contributed by atoms with van der Waals surface area (Å²) in [5.74, 6) is -2.66. The molecule has 0 saturated heterocycles. The average Bonchev–Trinajstić information content (AvgIpc) is 3.01. The number of rotatable bonds is 5. The van der Waals surface area contributed by atoms with Crippen LogP contribution in [-0.2, 0) is 16.1 Å². The Bertz CT molecular complexity index is 1240. The monoisotopic (exact) mass is 434 g/mol. The Balaban J connectivity index is 1.59. The van der Waals surface area contributed by atoms with Crippen LogP contribution in [0.25, 0.3) is 11.1 Å². The van der Waals surface area contributed by atoms with Crippen LogP contribution in [0.3, 0.4) is 0 Å². The lowest BCUT2D eigenvalue weighted by Gasteiger charge is -2.13. The fourth-order valence-electron chi connectivity index (χ4n) is 3.61. The van der Waals surface area contributed by atoms with Gasteiger partial charge in [-0.3, -0.25) is 14.6 Å². The molecule has 32 heavy (non-hydrogen) atoms. The molecular weight excluding hydrogens is 414 g/mol. The zero-order valence-electron chi connectivity index (χ0n) is 17.8. The van der Waals surface area contributed by atoms with Crippen LogP contribution < -0.4 is 0 Å². The van der Waals surface area contributed by atoms with E-state index in [1.165, 1.54) is 6.07 Å². The van der Waals surface area contributed by atoms with E-state index < -0.39 is 28.6 Å². The molecule has 0 amide bonds. The van der Waals surface area contributed by atoms with Gasteiger partial charge in [0.2, 0.25) is 5.78 Å². The number of hydrogen-bond acceptors (Lipinski definition) is 5. The Morgan fingerprint density at radius 3 is 2.25 bits per heavy atom. The van der Waals surface area contributed by atoms with Gasteiger partial charge in [0, 0.05) is 23.0 Å². The first-order valence-electron chi connectivity index (χ1n) is 10.0. The summed E-state index contributed by atoms with van der Waals surface area (Å²) in [6.07, 6.45) is 1.36. The molecule has 4 rings (SSSR count). The highest BCUT2D eigenvalue weighted by Gasteiger charge is 2.40. The highest BCUT2D eigenvalue weighted by atomic mass is 19.1. The van der Waals surface area contributed by atoms with Gasteiger partial charge in [-0.2, -0.15) is 0 Å². The molecule has 0 N–H and O–H groups in total. The van der Waals surface area contributed by atoms with E-state index in [2.05, 4.69) is 10.1 Å². The molecule has 1 aliphatic rings. The van der Waals surface area contributed by atoms with Crippen molar-refractivity contribution < 1.29 is 23.2 Å². The maximum absolute atomic E-state index is 13.9. The van der Waals surface area contributed by atoms with E-state index in [1.807, 2.05) is 25.1 Å².